The maximum atomic E-state index is 12.6. The van der Waals surface area contributed by atoms with Gasteiger partial charge in [0, 0.05) is 42.9 Å². The zero-order chi connectivity index (χ0) is 17.8. The third kappa shape index (κ3) is 4.29. The van der Waals surface area contributed by atoms with E-state index in [4.69, 9.17) is 0 Å². The number of carbonyl (C=O) groups is 1. The van der Waals surface area contributed by atoms with E-state index in [1.165, 1.54) is 18.5 Å². The van der Waals surface area contributed by atoms with Gasteiger partial charge in [-0.1, -0.05) is 0 Å². The van der Waals surface area contributed by atoms with E-state index in [1.807, 2.05) is 19.1 Å². The van der Waals surface area contributed by atoms with Gasteiger partial charge in [0.25, 0.3) is 5.91 Å². The summed E-state index contributed by atoms with van der Waals surface area (Å²) in [6, 6.07) is 8.54. The molecule has 5 heteroatoms. The third-order valence-corrected chi connectivity index (χ3v) is 4.54. The highest BCUT2D eigenvalue weighted by atomic mass is 16.1. The maximum absolute atomic E-state index is 12.6. The summed E-state index contributed by atoms with van der Waals surface area (Å²) >= 11 is 0. The number of nitrogens with one attached hydrogen (secondary N) is 2. The largest absolute Gasteiger partial charge is 0.381 e. The van der Waals surface area contributed by atoms with E-state index in [1.54, 1.807) is 12.4 Å². The Balaban J connectivity index is 1.72. The van der Waals surface area contributed by atoms with E-state index >= 15 is 0 Å². The molecule has 2 N–H and O–H groups in total. The lowest BCUT2D eigenvalue weighted by molar-refractivity contribution is 0.102. The molecule has 0 bridgehead atoms. The van der Waals surface area contributed by atoms with Gasteiger partial charge in [0.05, 0.1) is 11.3 Å². The Morgan fingerprint density at radius 2 is 1.96 bits per heavy atom. The Morgan fingerprint density at radius 1 is 1.20 bits per heavy atom. The topological polar surface area (TPSA) is 57.3 Å². The fraction of sp³-hybridized carbons (Fsp3) is 0.400. The second kappa shape index (κ2) is 7.55. The molecule has 1 aromatic carbocycles. The Kier molecular flexibility index (Phi) is 5.22. The lowest BCUT2D eigenvalue weighted by Crippen LogP contribution is -2.22. The van der Waals surface area contributed by atoms with Crippen LogP contribution < -0.4 is 15.5 Å². The van der Waals surface area contributed by atoms with Gasteiger partial charge in [-0.2, -0.15) is 0 Å². The van der Waals surface area contributed by atoms with Crippen molar-refractivity contribution in [3.63, 3.8) is 0 Å². The molecule has 0 aliphatic heterocycles. The van der Waals surface area contributed by atoms with Gasteiger partial charge < -0.3 is 15.5 Å². The first-order valence-electron chi connectivity index (χ1n) is 8.99. The van der Waals surface area contributed by atoms with Crippen LogP contribution in [0.5, 0.6) is 0 Å². The average molecular weight is 338 g/mol. The minimum Gasteiger partial charge on any atom is -0.381 e. The summed E-state index contributed by atoms with van der Waals surface area (Å²) in [5.41, 5.74) is 4.54. The summed E-state index contributed by atoms with van der Waals surface area (Å²) in [7, 11) is 0. The first-order chi connectivity index (χ1) is 12.1. The lowest BCUT2D eigenvalue weighted by atomic mass is 10.1. The first-order valence-corrected chi connectivity index (χ1v) is 8.99. The Labute approximate surface area is 149 Å². The average Bonchev–Trinajstić information content (AvgIpc) is 3.42. The molecule has 0 unspecified atom stereocenters. The molecule has 1 heterocycles. The number of aryl methyl sites for hydroxylation is 1. The quantitative estimate of drug-likeness (QED) is 0.799. The molecule has 132 valence electrons. The molecule has 5 nitrogen and oxygen atoms in total. The van der Waals surface area contributed by atoms with Crippen molar-refractivity contribution in [1.29, 1.82) is 0 Å². The van der Waals surface area contributed by atoms with Crippen LogP contribution in [0.3, 0.4) is 0 Å². The van der Waals surface area contributed by atoms with E-state index in [-0.39, 0.29) is 5.91 Å². The Morgan fingerprint density at radius 3 is 2.60 bits per heavy atom. The van der Waals surface area contributed by atoms with Crippen LogP contribution in [0.25, 0.3) is 0 Å². The molecule has 0 spiro atoms. The van der Waals surface area contributed by atoms with Gasteiger partial charge >= 0.3 is 0 Å². The molecule has 0 atom stereocenters. The van der Waals surface area contributed by atoms with Crippen molar-refractivity contribution in [2.75, 3.05) is 28.6 Å². The molecule has 1 saturated carbocycles. The molecule has 1 fully saturated rings. The maximum Gasteiger partial charge on any atom is 0.257 e. The summed E-state index contributed by atoms with van der Waals surface area (Å²) in [6.45, 7) is 8.24. The number of rotatable bonds is 7. The number of aromatic nitrogens is 1. The van der Waals surface area contributed by atoms with Crippen molar-refractivity contribution in [3.05, 3.63) is 47.8 Å². The van der Waals surface area contributed by atoms with Crippen molar-refractivity contribution in [2.45, 2.75) is 39.7 Å². The molecule has 1 amide bonds. The van der Waals surface area contributed by atoms with Crippen LogP contribution in [0.15, 0.2) is 36.7 Å². The van der Waals surface area contributed by atoms with Crippen LogP contribution in [-0.4, -0.2) is 30.0 Å². The molecule has 2 aromatic rings. The Hall–Kier alpha value is -2.56. The van der Waals surface area contributed by atoms with Gasteiger partial charge in [0.15, 0.2) is 0 Å². The summed E-state index contributed by atoms with van der Waals surface area (Å²) in [6.07, 6.45) is 5.75. The summed E-state index contributed by atoms with van der Waals surface area (Å²) in [5.74, 6) is -0.134. The predicted octanol–water partition coefficient (Wildman–Crippen LogP) is 4.06. The summed E-state index contributed by atoms with van der Waals surface area (Å²) in [5, 5.41) is 6.37. The lowest BCUT2D eigenvalue weighted by Gasteiger charge is -2.22. The van der Waals surface area contributed by atoms with Crippen LogP contribution in [0.4, 0.5) is 17.1 Å². The van der Waals surface area contributed by atoms with Crippen molar-refractivity contribution in [3.8, 4) is 0 Å². The SMILES string of the molecule is CCN(CC)c1ccc(NC(=O)c2cncc(NC3CC3)c2)c(C)c1. The number of amides is 1. The van der Waals surface area contributed by atoms with Gasteiger partial charge in [-0.15, -0.1) is 0 Å². The smallest absolute Gasteiger partial charge is 0.257 e. The first kappa shape index (κ1) is 17.3. The zero-order valence-electron chi connectivity index (χ0n) is 15.2. The minimum absolute atomic E-state index is 0.134. The third-order valence-electron chi connectivity index (χ3n) is 4.54. The molecule has 0 radical (unpaired) electrons. The van der Waals surface area contributed by atoms with E-state index in [2.05, 4.69) is 46.5 Å². The van der Waals surface area contributed by atoms with E-state index < -0.39 is 0 Å². The molecule has 25 heavy (non-hydrogen) atoms. The van der Waals surface area contributed by atoms with Gasteiger partial charge in [-0.25, -0.2) is 0 Å². The van der Waals surface area contributed by atoms with Crippen molar-refractivity contribution in [1.82, 2.24) is 4.98 Å². The molecule has 1 aliphatic rings. The normalized spacial score (nSPS) is 13.4. The van der Waals surface area contributed by atoms with Crippen molar-refractivity contribution < 1.29 is 4.79 Å². The zero-order valence-corrected chi connectivity index (χ0v) is 15.2. The van der Waals surface area contributed by atoms with E-state index in [0.717, 1.165) is 30.0 Å². The second-order valence-corrected chi connectivity index (χ2v) is 6.51. The highest BCUT2D eigenvalue weighted by Gasteiger charge is 2.21. The van der Waals surface area contributed by atoms with Gasteiger partial charge in [0.1, 0.15) is 0 Å². The highest BCUT2D eigenvalue weighted by Crippen LogP contribution is 2.25. The van der Waals surface area contributed by atoms with E-state index in [9.17, 15) is 4.79 Å². The van der Waals surface area contributed by atoms with E-state index in [0.29, 0.717) is 11.6 Å². The number of carbonyl (C=O) groups excluding carboxylic acids is 1. The number of hydrogen-bond acceptors (Lipinski definition) is 4. The molecular formula is C20H26N4O. The number of anilines is 3. The van der Waals surface area contributed by atoms with Crippen LogP contribution in [0, 0.1) is 6.92 Å². The molecular weight excluding hydrogens is 312 g/mol. The highest BCUT2D eigenvalue weighted by molar-refractivity contribution is 6.05. The van der Waals surface area contributed by atoms with Crippen LogP contribution in [0.1, 0.15) is 42.6 Å². The van der Waals surface area contributed by atoms with Crippen LogP contribution in [-0.2, 0) is 0 Å². The summed E-state index contributed by atoms with van der Waals surface area (Å²) < 4.78 is 0. The number of nitrogens with zero attached hydrogens (tertiary/aromatic N) is 2. The molecule has 0 saturated heterocycles. The minimum atomic E-state index is -0.134. The van der Waals surface area contributed by atoms with Crippen LogP contribution in [0.2, 0.25) is 0 Å². The molecule has 1 aliphatic carbocycles. The summed E-state index contributed by atoms with van der Waals surface area (Å²) in [4.78, 5) is 19.0. The van der Waals surface area contributed by atoms with Gasteiger partial charge in [-0.05, 0) is 63.4 Å². The predicted molar refractivity (Wildman–Crippen MR) is 104 cm³/mol. The molecule has 3 rings (SSSR count). The number of pyridine rings is 1. The number of benzene rings is 1. The van der Waals surface area contributed by atoms with Crippen molar-refractivity contribution in [2.24, 2.45) is 0 Å². The standard InChI is InChI=1S/C20H26N4O/c1-4-24(5-2)18-8-9-19(14(3)10-18)23-20(25)15-11-17(13-21-12-15)22-16-6-7-16/h8-13,16,22H,4-7H2,1-3H3,(H,23,25). The van der Waals surface area contributed by atoms with Crippen LogP contribution >= 0.6 is 0 Å². The molecule has 1 aromatic heterocycles. The number of hydrogen-bond donors (Lipinski definition) is 2. The Bertz CT molecular complexity index is 751. The second-order valence-electron chi connectivity index (χ2n) is 6.51. The van der Waals surface area contributed by atoms with Crippen molar-refractivity contribution >= 4 is 23.0 Å². The fourth-order valence-electron chi connectivity index (χ4n) is 2.87. The fourth-order valence-corrected chi connectivity index (χ4v) is 2.87. The van der Waals surface area contributed by atoms with Gasteiger partial charge in [-0.3, -0.25) is 9.78 Å². The monoisotopic (exact) mass is 338 g/mol. The van der Waals surface area contributed by atoms with Gasteiger partial charge in [0.2, 0.25) is 0 Å².